The van der Waals surface area contributed by atoms with Crippen LogP contribution >= 0.6 is 0 Å². The van der Waals surface area contributed by atoms with E-state index in [-0.39, 0.29) is 24.6 Å². The maximum absolute atomic E-state index is 12.7. The van der Waals surface area contributed by atoms with Crippen LogP contribution in [0.5, 0.6) is 0 Å². The zero-order valence-electron chi connectivity index (χ0n) is 38.7. The molecule has 0 saturated heterocycles. The SMILES string of the molecule is CC.CCC.CCCCCCCCCOC(=O)CCCCCCN(CCO)CCCCCCCC(=O)OC(CCCCCCCC)CCCCCCCCC. The quantitative estimate of drug-likeness (QED) is 0.0492. The fourth-order valence-electron chi connectivity index (χ4n) is 6.88. The second-order valence-electron chi connectivity index (χ2n) is 15.9. The molecule has 0 bridgehead atoms. The van der Waals surface area contributed by atoms with Crippen LogP contribution in [0.4, 0.5) is 0 Å². The minimum atomic E-state index is -0.0405. The molecule has 1 N–H and O–H groups in total. The van der Waals surface area contributed by atoms with Crippen LogP contribution in [-0.2, 0) is 19.1 Å². The number of nitrogens with zero attached hydrogens (tertiary/aromatic N) is 1. The Kier molecular flexibility index (Phi) is 55.9. The summed E-state index contributed by atoms with van der Waals surface area (Å²) in [7, 11) is 0. The summed E-state index contributed by atoms with van der Waals surface area (Å²) < 4.78 is 11.4. The van der Waals surface area contributed by atoms with Crippen molar-refractivity contribution >= 4 is 11.9 Å². The second-order valence-corrected chi connectivity index (χ2v) is 15.9. The zero-order chi connectivity index (χ0) is 41.3. The molecule has 0 rings (SSSR count). The van der Waals surface area contributed by atoms with Crippen LogP contribution in [0.3, 0.4) is 0 Å². The lowest BCUT2D eigenvalue weighted by atomic mass is 10.0. The largest absolute Gasteiger partial charge is 0.466 e. The number of rotatable bonds is 41. The number of hydrogen-bond acceptors (Lipinski definition) is 6. The average Bonchev–Trinajstić information content (AvgIpc) is 3.18. The molecular weight excluding hydrogens is 683 g/mol. The van der Waals surface area contributed by atoms with Crippen molar-refractivity contribution in [2.75, 3.05) is 32.8 Å². The van der Waals surface area contributed by atoms with Crippen molar-refractivity contribution in [3.8, 4) is 0 Å². The maximum atomic E-state index is 12.7. The van der Waals surface area contributed by atoms with Crippen LogP contribution in [0, 0.1) is 0 Å². The van der Waals surface area contributed by atoms with E-state index in [1.165, 1.54) is 122 Å². The van der Waals surface area contributed by atoms with Gasteiger partial charge in [0.2, 0.25) is 0 Å². The highest BCUT2D eigenvalue weighted by atomic mass is 16.5. The highest BCUT2D eigenvalue weighted by Gasteiger charge is 2.14. The topological polar surface area (TPSA) is 76.1 Å². The summed E-state index contributed by atoms with van der Waals surface area (Å²) in [5.41, 5.74) is 0. The van der Waals surface area contributed by atoms with Crippen molar-refractivity contribution in [1.82, 2.24) is 4.90 Å². The van der Waals surface area contributed by atoms with Gasteiger partial charge in [0.15, 0.2) is 0 Å². The summed E-state index contributed by atoms with van der Waals surface area (Å²) in [5.74, 6) is -0.0280. The van der Waals surface area contributed by atoms with Gasteiger partial charge in [0, 0.05) is 19.4 Å². The fourth-order valence-corrected chi connectivity index (χ4v) is 6.88. The third-order valence-electron chi connectivity index (χ3n) is 10.2. The first-order valence-electron chi connectivity index (χ1n) is 24.7. The molecule has 0 aliphatic carbocycles. The minimum absolute atomic E-state index is 0.0124. The summed E-state index contributed by atoms with van der Waals surface area (Å²) >= 11 is 0. The lowest BCUT2D eigenvalue weighted by Gasteiger charge is -2.21. The lowest BCUT2D eigenvalue weighted by molar-refractivity contribution is -0.150. The summed E-state index contributed by atoms with van der Waals surface area (Å²) in [4.78, 5) is 27.1. The molecule has 0 aliphatic heterocycles. The van der Waals surface area contributed by atoms with E-state index in [1.807, 2.05) is 13.8 Å². The van der Waals surface area contributed by atoms with Crippen molar-refractivity contribution in [2.24, 2.45) is 0 Å². The fraction of sp³-hybridized carbons (Fsp3) is 0.959. The zero-order valence-corrected chi connectivity index (χ0v) is 38.7. The van der Waals surface area contributed by atoms with E-state index < -0.39 is 0 Å². The molecule has 6 nitrogen and oxygen atoms in total. The van der Waals surface area contributed by atoms with Crippen LogP contribution in [0.25, 0.3) is 0 Å². The Hall–Kier alpha value is -1.14. The predicted octanol–water partition coefficient (Wildman–Crippen LogP) is 15.1. The molecule has 0 saturated carbocycles. The van der Waals surface area contributed by atoms with E-state index in [2.05, 4.69) is 39.5 Å². The number of carbonyl (C=O) groups excluding carboxylic acids is 2. The molecule has 6 heteroatoms. The minimum Gasteiger partial charge on any atom is -0.466 e. The number of esters is 2. The van der Waals surface area contributed by atoms with Gasteiger partial charge in [0.25, 0.3) is 0 Å². The molecule has 0 radical (unpaired) electrons. The average molecular weight is 784 g/mol. The molecule has 1 unspecified atom stereocenters. The summed E-state index contributed by atoms with van der Waals surface area (Å²) in [6.07, 6.45) is 39.6. The molecule has 0 amide bonds. The van der Waals surface area contributed by atoms with E-state index in [4.69, 9.17) is 9.47 Å². The van der Waals surface area contributed by atoms with E-state index in [0.717, 1.165) is 103 Å². The van der Waals surface area contributed by atoms with Gasteiger partial charge in [-0.2, -0.15) is 0 Å². The third kappa shape index (κ3) is 50.8. The molecule has 0 aromatic heterocycles. The Balaban J connectivity index is -0.00000513. The number of unbranched alkanes of at least 4 members (excludes halogenated alkanes) is 24. The van der Waals surface area contributed by atoms with Gasteiger partial charge in [-0.15, -0.1) is 0 Å². The van der Waals surface area contributed by atoms with Gasteiger partial charge >= 0.3 is 11.9 Å². The van der Waals surface area contributed by atoms with Crippen LogP contribution in [0.15, 0.2) is 0 Å². The molecule has 1 atom stereocenters. The second kappa shape index (κ2) is 52.9. The van der Waals surface area contributed by atoms with E-state index in [9.17, 15) is 14.7 Å². The van der Waals surface area contributed by atoms with E-state index in [1.54, 1.807) is 0 Å². The molecule has 332 valence electrons. The smallest absolute Gasteiger partial charge is 0.306 e. The monoisotopic (exact) mass is 784 g/mol. The van der Waals surface area contributed by atoms with Crippen molar-refractivity contribution in [2.45, 2.75) is 273 Å². The van der Waals surface area contributed by atoms with Gasteiger partial charge in [-0.3, -0.25) is 9.59 Å². The first kappa shape index (κ1) is 58.2. The molecule has 0 aliphatic rings. The Morgan fingerprint density at radius 2 is 0.800 bits per heavy atom. The van der Waals surface area contributed by atoms with E-state index >= 15 is 0 Å². The molecule has 0 heterocycles. The molecule has 0 fully saturated rings. The molecule has 0 aromatic rings. The summed E-state index contributed by atoms with van der Waals surface area (Å²) in [6, 6.07) is 0. The van der Waals surface area contributed by atoms with Crippen LogP contribution in [0.1, 0.15) is 267 Å². The standard InChI is InChI=1S/C44H87NO5.C3H8.C2H6/c1-4-7-10-13-16-20-27-34-42(33-26-19-15-12-9-6-3)50-44(48)36-29-21-18-23-30-37-45(39-40-46)38-31-24-22-28-35-43(47)49-41-32-25-17-14-11-8-5-2;1-3-2;1-2/h42,46H,4-41H2,1-3H3;3H2,1-2H3;1-2H3. The number of carbonyl (C=O) groups is 2. The predicted molar refractivity (Wildman–Crippen MR) is 241 cm³/mol. The normalized spacial score (nSPS) is 11.4. The number of hydrogen-bond donors (Lipinski definition) is 1. The Morgan fingerprint density at radius 1 is 0.455 bits per heavy atom. The van der Waals surface area contributed by atoms with Crippen molar-refractivity contribution in [3.63, 3.8) is 0 Å². The van der Waals surface area contributed by atoms with Gasteiger partial charge in [0.05, 0.1) is 13.2 Å². The summed E-state index contributed by atoms with van der Waals surface area (Å²) in [6.45, 7) is 18.6. The van der Waals surface area contributed by atoms with Gasteiger partial charge in [-0.25, -0.2) is 0 Å². The highest BCUT2D eigenvalue weighted by Crippen LogP contribution is 2.19. The van der Waals surface area contributed by atoms with Crippen LogP contribution in [0.2, 0.25) is 0 Å². The maximum Gasteiger partial charge on any atom is 0.306 e. The van der Waals surface area contributed by atoms with Crippen molar-refractivity contribution in [1.29, 1.82) is 0 Å². The number of aliphatic hydroxyl groups is 1. The molecular formula is C49H101NO5. The number of ether oxygens (including phenoxy) is 2. The van der Waals surface area contributed by atoms with Gasteiger partial charge in [-0.1, -0.05) is 196 Å². The van der Waals surface area contributed by atoms with Gasteiger partial charge in [0.1, 0.15) is 6.10 Å². The van der Waals surface area contributed by atoms with Gasteiger partial charge in [-0.05, 0) is 70.9 Å². The third-order valence-corrected chi connectivity index (χ3v) is 10.2. The van der Waals surface area contributed by atoms with E-state index in [0.29, 0.717) is 19.4 Å². The Morgan fingerprint density at radius 3 is 1.22 bits per heavy atom. The first-order valence-corrected chi connectivity index (χ1v) is 24.7. The number of aliphatic hydroxyl groups excluding tert-OH is 1. The van der Waals surface area contributed by atoms with Gasteiger partial charge < -0.3 is 19.5 Å². The molecule has 0 spiro atoms. The highest BCUT2D eigenvalue weighted by molar-refractivity contribution is 5.69. The summed E-state index contributed by atoms with van der Waals surface area (Å²) in [5, 5.41) is 9.53. The first-order chi connectivity index (χ1) is 27.0. The van der Waals surface area contributed by atoms with Crippen molar-refractivity contribution in [3.05, 3.63) is 0 Å². The Bertz CT molecular complexity index is 717. The lowest BCUT2D eigenvalue weighted by Crippen LogP contribution is -2.29. The van der Waals surface area contributed by atoms with Crippen LogP contribution < -0.4 is 0 Å². The van der Waals surface area contributed by atoms with Crippen LogP contribution in [-0.4, -0.2) is 60.9 Å². The molecule has 55 heavy (non-hydrogen) atoms. The molecule has 0 aromatic carbocycles. The van der Waals surface area contributed by atoms with Crippen molar-refractivity contribution < 1.29 is 24.2 Å². The Labute approximate surface area is 345 Å².